The predicted octanol–water partition coefficient (Wildman–Crippen LogP) is 3.99. The Hall–Kier alpha value is -2.27. The Morgan fingerprint density at radius 3 is 2.68 bits per heavy atom. The first-order valence-corrected chi connectivity index (χ1v) is 10.9. The Bertz CT molecular complexity index is 984. The van der Waals surface area contributed by atoms with Crippen LogP contribution in [-0.2, 0) is 21.0 Å². The van der Waals surface area contributed by atoms with Gasteiger partial charge in [0.25, 0.3) is 5.91 Å². The highest BCUT2D eigenvalue weighted by molar-refractivity contribution is 8.01. The van der Waals surface area contributed by atoms with Gasteiger partial charge in [-0.2, -0.15) is 0 Å². The third kappa shape index (κ3) is 2.60. The van der Waals surface area contributed by atoms with E-state index in [1.807, 2.05) is 28.9 Å². The van der Waals surface area contributed by atoms with Crippen LogP contribution >= 0.6 is 11.8 Å². The van der Waals surface area contributed by atoms with E-state index in [4.69, 9.17) is 0 Å². The van der Waals surface area contributed by atoms with E-state index in [1.54, 1.807) is 11.8 Å². The van der Waals surface area contributed by atoms with Crippen LogP contribution in [-0.4, -0.2) is 29.0 Å². The Morgan fingerprint density at radius 2 is 1.93 bits per heavy atom. The van der Waals surface area contributed by atoms with Crippen molar-refractivity contribution in [1.82, 2.24) is 4.90 Å². The average molecular weight is 393 g/mol. The number of fused-ring (bicyclic) bond motifs is 2. The lowest BCUT2D eigenvalue weighted by atomic mass is 10.0. The largest absolute Gasteiger partial charge is 0.315 e. The molecule has 2 heterocycles. The van der Waals surface area contributed by atoms with Crippen LogP contribution in [0.1, 0.15) is 35.1 Å². The van der Waals surface area contributed by atoms with Crippen molar-refractivity contribution >= 4 is 29.3 Å². The van der Waals surface area contributed by atoms with Crippen molar-refractivity contribution in [2.24, 2.45) is 5.92 Å². The van der Waals surface area contributed by atoms with Crippen LogP contribution in [0.3, 0.4) is 0 Å². The van der Waals surface area contributed by atoms with Gasteiger partial charge in [0, 0.05) is 23.8 Å². The molecule has 1 saturated carbocycles. The molecule has 2 aliphatic heterocycles. The van der Waals surface area contributed by atoms with Crippen LogP contribution in [0, 0.1) is 19.8 Å². The number of nitrogens with zero attached hydrogens (tertiary/aromatic N) is 2. The SMILES string of the molecule is Cc1cccc(CN2C(=O)[C@]3(SCCN3C(=O)C3CC3)c3cc(C)ccc32)c1. The van der Waals surface area contributed by atoms with E-state index >= 15 is 0 Å². The molecule has 0 radical (unpaired) electrons. The van der Waals surface area contributed by atoms with Crippen molar-refractivity contribution in [3.05, 3.63) is 64.7 Å². The van der Waals surface area contributed by atoms with Gasteiger partial charge in [0.15, 0.2) is 4.87 Å². The van der Waals surface area contributed by atoms with E-state index < -0.39 is 4.87 Å². The molecule has 0 bridgehead atoms. The third-order valence-corrected chi connectivity index (χ3v) is 7.38. The van der Waals surface area contributed by atoms with Gasteiger partial charge in [-0.3, -0.25) is 9.59 Å². The Labute approximate surface area is 169 Å². The van der Waals surface area contributed by atoms with Gasteiger partial charge in [-0.05, 0) is 38.3 Å². The fraction of sp³-hybridized carbons (Fsp3) is 0.391. The minimum absolute atomic E-state index is 0.0334. The number of anilines is 1. The van der Waals surface area contributed by atoms with Crippen LogP contribution < -0.4 is 4.90 Å². The van der Waals surface area contributed by atoms with Crippen LogP contribution in [0.15, 0.2) is 42.5 Å². The molecule has 2 fully saturated rings. The normalized spacial score (nSPS) is 23.6. The number of hydrogen-bond donors (Lipinski definition) is 0. The monoisotopic (exact) mass is 392 g/mol. The summed E-state index contributed by atoms with van der Waals surface area (Å²) in [5.41, 5.74) is 5.35. The Balaban J connectivity index is 1.60. The summed E-state index contributed by atoms with van der Waals surface area (Å²) in [6.07, 6.45) is 1.91. The number of thioether (sulfide) groups is 1. The van der Waals surface area contributed by atoms with Gasteiger partial charge in [-0.1, -0.05) is 47.5 Å². The first-order chi connectivity index (χ1) is 13.5. The van der Waals surface area contributed by atoms with E-state index in [2.05, 4.69) is 37.3 Å². The van der Waals surface area contributed by atoms with E-state index in [1.165, 1.54) is 5.56 Å². The molecule has 0 aromatic heterocycles. The molecule has 0 unspecified atom stereocenters. The lowest BCUT2D eigenvalue weighted by Crippen LogP contribution is -2.50. The standard InChI is InChI=1S/C23H24N2O2S/c1-15-4-3-5-17(12-15)14-24-20-9-6-16(2)13-19(20)23(22(24)27)25(10-11-28-23)21(26)18-7-8-18/h3-6,9,12-13,18H,7-8,10-11,14H2,1-2H3/t23-/m1/s1. The molecule has 2 aromatic rings. The number of carbonyl (C=O) groups excluding carboxylic acids is 2. The van der Waals surface area contributed by atoms with Crippen LogP contribution in [0.4, 0.5) is 5.69 Å². The van der Waals surface area contributed by atoms with Crippen molar-refractivity contribution in [2.45, 2.75) is 38.1 Å². The molecule has 1 saturated heterocycles. The van der Waals surface area contributed by atoms with E-state index in [9.17, 15) is 9.59 Å². The molecule has 1 atom stereocenters. The highest BCUT2D eigenvalue weighted by Crippen LogP contribution is 2.55. The number of rotatable bonds is 3. The molecule has 1 aliphatic carbocycles. The number of amides is 2. The second-order valence-corrected chi connectivity index (χ2v) is 9.45. The number of hydrogen-bond acceptors (Lipinski definition) is 3. The average Bonchev–Trinajstić information content (AvgIpc) is 3.39. The van der Waals surface area contributed by atoms with Crippen LogP contribution in [0.2, 0.25) is 0 Å². The molecule has 28 heavy (non-hydrogen) atoms. The molecule has 144 valence electrons. The summed E-state index contributed by atoms with van der Waals surface area (Å²) in [7, 11) is 0. The van der Waals surface area contributed by atoms with Crippen molar-refractivity contribution in [1.29, 1.82) is 0 Å². The second-order valence-electron chi connectivity index (χ2n) is 8.16. The smallest absolute Gasteiger partial charge is 0.268 e. The van der Waals surface area contributed by atoms with Crippen LogP contribution in [0.25, 0.3) is 0 Å². The first kappa shape index (κ1) is 17.8. The van der Waals surface area contributed by atoms with Gasteiger partial charge in [0.2, 0.25) is 5.91 Å². The molecule has 2 aromatic carbocycles. The zero-order valence-corrected chi connectivity index (χ0v) is 17.1. The number of benzene rings is 2. The van der Waals surface area contributed by atoms with E-state index in [0.29, 0.717) is 13.1 Å². The molecular formula is C23H24N2O2S. The topological polar surface area (TPSA) is 40.6 Å². The molecule has 5 heteroatoms. The summed E-state index contributed by atoms with van der Waals surface area (Å²) in [6.45, 7) is 5.30. The molecule has 5 rings (SSSR count). The maximum absolute atomic E-state index is 13.9. The maximum Gasteiger partial charge on any atom is 0.268 e. The van der Waals surface area contributed by atoms with Gasteiger partial charge >= 0.3 is 0 Å². The van der Waals surface area contributed by atoms with Crippen molar-refractivity contribution in [2.75, 3.05) is 17.2 Å². The third-order valence-electron chi connectivity index (χ3n) is 5.96. The van der Waals surface area contributed by atoms with Gasteiger partial charge < -0.3 is 9.80 Å². The Kier molecular flexibility index (Phi) is 4.05. The number of carbonyl (C=O) groups is 2. The predicted molar refractivity (Wildman–Crippen MR) is 112 cm³/mol. The quantitative estimate of drug-likeness (QED) is 0.793. The fourth-order valence-electron chi connectivity index (χ4n) is 4.45. The second kappa shape index (κ2) is 6.38. The fourth-order valence-corrected chi connectivity index (χ4v) is 5.91. The maximum atomic E-state index is 13.9. The molecule has 2 amide bonds. The summed E-state index contributed by atoms with van der Waals surface area (Å²) in [4.78, 5) is 29.8. The van der Waals surface area contributed by atoms with Gasteiger partial charge in [0.1, 0.15) is 0 Å². The van der Waals surface area contributed by atoms with Crippen molar-refractivity contribution in [3.63, 3.8) is 0 Å². The minimum Gasteiger partial charge on any atom is -0.315 e. The first-order valence-electron chi connectivity index (χ1n) is 9.95. The minimum atomic E-state index is -0.884. The highest BCUT2D eigenvalue weighted by Gasteiger charge is 2.60. The summed E-state index contributed by atoms with van der Waals surface area (Å²) in [5.74, 6) is 1.10. The van der Waals surface area contributed by atoms with Crippen LogP contribution in [0.5, 0.6) is 0 Å². The highest BCUT2D eigenvalue weighted by atomic mass is 32.2. The summed E-state index contributed by atoms with van der Waals surface area (Å²) < 4.78 is 0. The molecule has 3 aliphatic rings. The van der Waals surface area contributed by atoms with Gasteiger partial charge in [-0.15, -0.1) is 11.8 Å². The van der Waals surface area contributed by atoms with Gasteiger partial charge in [-0.25, -0.2) is 0 Å². The van der Waals surface area contributed by atoms with Gasteiger partial charge in [0.05, 0.1) is 12.2 Å². The lowest BCUT2D eigenvalue weighted by molar-refractivity contribution is -0.141. The molecular weight excluding hydrogens is 368 g/mol. The lowest BCUT2D eigenvalue weighted by Gasteiger charge is -2.33. The summed E-state index contributed by atoms with van der Waals surface area (Å²) in [6, 6.07) is 14.5. The zero-order valence-electron chi connectivity index (χ0n) is 16.3. The van der Waals surface area contributed by atoms with E-state index in [0.717, 1.165) is 41.0 Å². The summed E-state index contributed by atoms with van der Waals surface area (Å²) in [5, 5.41) is 0. The molecule has 1 spiro atoms. The zero-order chi connectivity index (χ0) is 19.5. The van der Waals surface area contributed by atoms with Crippen molar-refractivity contribution in [3.8, 4) is 0 Å². The van der Waals surface area contributed by atoms with Crippen molar-refractivity contribution < 1.29 is 9.59 Å². The van der Waals surface area contributed by atoms with E-state index in [-0.39, 0.29) is 17.7 Å². The Morgan fingerprint density at radius 1 is 1.14 bits per heavy atom. The number of aryl methyl sites for hydroxylation is 2. The molecule has 0 N–H and O–H groups in total. The molecule has 4 nitrogen and oxygen atoms in total. The summed E-state index contributed by atoms with van der Waals surface area (Å²) >= 11 is 1.62.